The molecule has 2 saturated heterocycles. The van der Waals surface area contributed by atoms with Crippen molar-refractivity contribution in [3.63, 3.8) is 0 Å². The molecule has 4 aromatic heterocycles. The van der Waals surface area contributed by atoms with Gasteiger partial charge in [0, 0.05) is 71.1 Å². The Kier molecular flexibility index (Phi) is 8.84. The molecule has 0 radical (unpaired) electrons. The van der Waals surface area contributed by atoms with Gasteiger partial charge in [-0.1, -0.05) is 6.07 Å². The van der Waals surface area contributed by atoms with Crippen LogP contribution < -0.4 is 19.9 Å². The van der Waals surface area contributed by atoms with Gasteiger partial charge in [-0.15, -0.1) is 0 Å². The second-order valence-corrected chi connectivity index (χ2v) is 15.8. The fraction of sp³-hybridized carbons (Fsp3) is 0.390. The van der Waals surface area contributed by atoms with Gasteiger partial charge in [0.1, 0.15) is 53.2 Å². The van der Waals surface area contributed by atoms with E-state index in [0.29, 0.717) is 96.0 Å². The number of anilines is 3. The fourth-order valence-corrected chi connectivity index (χ4v) is 8.82. The van der Waals surface area contributed by atoms with E-state index in [1.807, 2.05) is 39.5 Å². The maximum Gasteiger partial charge on any atom is 0.245 e. The van der Waals surface area contributed by atoms with Crippen LogP contribution in [-0.2, 0) is 20.9 Å². The number of nitrogens with one attached hydrogen (secondary N) is 1. The molecule has 0 aliphatic carbocycles. The number of carbonyl (C=O) groups excluding carboxylic acids is 2. The fourth-order valence-electron chi connectivity index (χ4n) is 8.82. The zero-order valence-electron chi connectivity index (χ0n) is 33.0. The number of aromatic nitrogens is 7. The molecule has 18 heteroatoms. The number of fused-ring (bicyclic) bond motifs is 9. The Morgan fingerprint density at radius 1 is 0.898 bits per heavy atom. The number of ether oxygens (including phenoxy) is 2. The van der Waals surface area contributed by atoms with Gasteiger partial charge in [0.25, 0.3) is 0 Å². The lowest BCUT2D eigenvalue weighted by Crippen LogP contribution is -2.55. The summed E-state index contributed by atoms with van der Waals surface area (Å²) in [5.41, 5.74) is 3.30. The normalized spacial score (nSPS) is 21.2. The minimum Gasteiger partial charge on any atom is -0.489 e. The lowest BCUT2D eigenvalue weighted by molar-refractivity contribution is -0.135. The largest absolute Gasteiger partial charge is 0.489 e. The van der Waals surface area contributed by atoms with Crippen LogP contribution in [0.5, 0.6) is 5.75 Å². The van der Waals surface area contributed by atoms with Crippen molar-refractivity contribution in [3.8, 4) is 22.7 Å². The van der Waals surface area contributed by atoms with E-state index in [0.717, 1.165) is 5.52 Å². The smallest absolute Gasteiger partial charge is 0.245 e. The van der Waals surface area contributed by atoms with E-state index < -0.39 is 23.8 Å². The SMILES string of the molecule is CO[C@H]1CN(C)C(=O)[C@@H]2C[C@@H](CN2c2nc3nc4c2cnn4-c2ccc(F)cc2OCCN(C)C(=O)C2CN3C2)Nc2cccc(n2)-c2cc(F)cc3nc(C)n(c23)C1. The summed E-state index contributed by atoms with van der Waals surface area (Å²) >= 11 is 0. The Bertz CT molecular complexity index is 2660. The van der Waals surface area contributed by atoms with Crippen LogP contribution >= 0.6 is 0 Å². The van der Waals surface area contributed by atoms with Gasteiger partial charge in [-0.05, 0) is 43.7 Å². The first-order chi connectivity index (χ1) is 28.5. The van der Waals surface area contributed by atoms with Crippen LogP contribution in [0.2, 0.25) is 0 Å². The predicted octanol–water partition coefficient (Wildman–Crippen LogP) is 3.65. The molecule has 2 fully saturated rings. The highest BCUT2D eigenvalue weighted by molar-refractivity contribution is 5.95. The molecule has 3 atom stereocenters. The minimum atomic E-state index is -0.680. The standard InChI is InChI=1S/C41H42F2N12O4/c1-22-45-31-13-25(43)12-28-30-6-5-7-35(47-30)46-26-15-33(40(57)51(3)20-27(58-4)21-53(22)36(28)31)54(19-26)37-29-16-44-55-32-9-8-24(42)14-34(32)59-11-10-50(2)39(56)23-17-52(18-23)41(48-37)49-38(29)55/h5-9,12-14,16,23,26-27,33H,10-11,15,17-21H2,1-4H3,(H,46,47)/t26-,27-,33-/m0/s1. The Balaban J connectivity index is 1.10. The van der Waals surface area contributed by atoms with Crippen molar-refractivity contribution in [1.82, 2.24) is 44.1 Å². The molecular weight excluding hydrogens is 763 g/mol. The van der Waals surface area contributed by atoms with Crippen LogP contribution in [0.1, 0.15) is 12.2 Å². The third kappa shape index (κ3) is 6.32. The number of hydrogen-bond acceptors (Lipinski definition) is 12. The Morgan fingerprint density at radius 3 is 2.58 bits per heavy atom. The van der Waals surface area contributed by atoms with E-state index in [4.69, 9.17) is 34.5 Å². The molecule has 2 amide bonds. The monoisotopic (exact) mass is 804 g/mol. The number of halogens is 2. The van der Waals surface area contributed by atoms with E-state index >= 15 is 4.39 Å². The van der Waals surface area contributed by atoms with Gasteiger partial charge in [-0.3, -0.25) is 9.59 Å². The molecular formula is C41H42F2N12O4. The highest BCUT2D eigenvalue weighted by Gasteiger charge is 2.42. The van der Waals surface area contributed by atoms with E-state index in [-0.39, 0.29) is 42.7 Å². The molecule has 11 rings (SSSR count). The number of pyridine rings is 1. The van der Waals surface area contributed by atoms with Crippen LogP contribution in [-0.4, -0.2) is 135 Å². The van der Waals surface area contributed by atoms with Gasteiger partial charge in [0.15, 0.2) is 5.65 Å². The molecule has 304 valence electrons. The summed E-state index contributed by atoms with van der Waals surface area (Å²) in [6, 6.07) is 11.7. The second kappa shape index (κ2) is 14.1. The number of methoxy groups -OCH3 is 1. The molecule has 0 saturated carbocycles. The molecule has 9 heterocycles. The zero-order valence-corrected chi connectivity index (χ0v) is 33.0. The first-order valence-corrected chi connectivity index (χ1v) is 19.7. The van der Waals surface area contributed by atoms with Crippen LogP contribution in [0.25, 0.3) is 39.0 Å². The van der Waals surface area contributed by atoms with E-state index in [1.165, 1.54) is 24.3 Å². The van der Waals surface area contributed by atoms with Gasteiger partial charge < -0.3 is 39.0 Å². The van der Waals surface area contributed by atoms with Crippen LogP contribution in [0, 0.1) is 24.5 Å². The Hall–Kier alpha value is -6.43. The molecule has 59 heavy (non-hydrogen) atoms. The third-order valence-corrected chi connectivity index (χ3v) is 11.9. The second-order valence-electron chi connectivity index (χ2n) is 15.8. The first-order valence-electron chi connectivity index (χ1n) is 19.7. The van der Waals surface area contributed by atoms with Gasteiger partial charge in [-0.2, -0.15) is 15.1 Å². The summed E-state index contributed by atoms with van der Waals surface area (Å²) in [7, 11) is 5.11. The van der Waals surface area contributed by atoms with Gasteiger partial charge in [0.05, 0.1) is 53.4 Å². The number of aryl methyl sites for hydroxylation is 1. The molecule has 5 aliphatic rings. The van der Waals surface area contributed by atoms with Crippen LogP contribution in [0.3, 0.4) is 0 Å². The molecule has 0 unspecified atom stereocenters. The Labute approximate surface area is 337 Å². The van der Waals surface area contributed by atoms with Crippen molar-refractivity contribution in [2.75, 3.05) is 75.7 Å². The average Bonchev–Trinajstić information content (AvgIpc) is 3.90. The molecule has 0 spiro atoms. The van der Waals surface area contributed by atoms with Crippen LogP contribution in [0.4, 0.5) is 26.4 Å². The number of likely N-dealkylation sites (N-methyl/N-ethyl adjacent to an activating group) is 2. The van der Waals surface area contributed by atoms with Gasteiger partial charge in [0.2, 0.25) is 17.8 Å². The topological polar surface area (TPSA) is 152 Å². The lowest BCUT2D eigenvalue weighted by Gasteiger charge is -2.40. The third-order valence-electron chi connectivity index (χ3n) is 11.9. The van der Waals surface area contributed by atoms with E-state index in [2.05, 4.69) is 5.32 Å². The van der Waals surface area contributed by atoms with Crippen molar-refractivity contribution in [3.05, 3.63) is 72.2 Å². The summed E-state index contributed by atoms with van der Waals surface area (Å²) in [5, 5.41) is 8.90. The van der Waals surface area contributed by atoms with Crippen molar-refractivity contribution in [1.29, 1.82) is 0 Å². The van der Waals surface area contributed by atoms with Crippen molar-refractivity contribution in [2.24, 2.45) is 5.92 Å². The number of rotatable bonds is 2. The first kappa shape index (κ1) is 36.9. The van der Waals surface area contributed by atoms with Gasteiger partial charge in [-0.25, -0.2) is 23.4 Å². The maximum absolute atomic E-state index is 15.1. The summed E-state index contributed by atoms with van der Waals surface area (Å²) < 4.78 is 45.5. The summed E-state index contributed by atoms with van der Waals surface area (Å²) in [5.74, 6) is 1.01. The molecule has 16 nitrogen and oxygen atoms in total. The maximum atomic E-state index is 15.1. The van der Waals surface area contributed by atoms with E-state index in [9.17, 15) is 14.0 Å². The minimum absolute atomic E-state index is 0.0252. The average molecular weight is 805 g/mol. The summed E-state index contributed by atoms with van der Waals surface area (Å²) in [6.45, 7) is 4.13. The van der Waals surface area contributed by atoms with Crippen molar-refractivity contribution < 1.29 is 27.8 Å². The molecule has 1 N–H and O–H groups in total. The number of imidazole rings is 1. The molecule has 8 bridgehead atoms. The van der Waals surface area contributed by atoms with Crippen molar-refractivity contribution >= 4 is 51.5 Å². The Morgan fingerprint density at radius 2 is 1.75 bits per heavy atom. The number of benzene rings is 2. The van der Waals surface area contributed by atoms with E-state index in [1.54, 1.807) is 47.9 Å². The summed E-state index contributed by atoms with van der Waals surface area (Å²) in [6.07, 6.45) is 1.61. The number of nitrogens with zero attached hydrogens (tertiary/aromatic N) is 11. The van der Waals surface area contributed by atoms with Crippen LogP contribution in [0.15, 0.2) is 54.7 Å². The number of carbonyl (C=O) groups is 2. The van der Waals surface area contributed by atoms with Crippen molar-refractivity contribution in [2.45, 2.75) is 38.1 Å². The lowest BCUT2D eigenvalue weighted by atomic mass is 9.99. The van der Waals surface area contributed by atoms with Gasteiger partial charge >= 0.3 is 0 Å². The molecule has 6 aromatic rings. The highest BCUT2D eigenvalue weighted by Crippen LogP contribution is 2.38. The predicted molar refractivity (Wildman–Crippen MR) is 215 cm³/mol. The number of hydrogen-bond donors (Lipinski definition) is 1. The quantitative estimate of drug-likeness (QED) is 0.272. The molecule has 2 aromatic carbocycles. The number of amides is 2. The summed E-state index contributed by atoms with van der Waals surface area (Å²) in [4.78, 5) is 55.2. The molecule has 5 aliphatic heterocycles. The zero-order chi connectivity index (χ0) is 40.7. The highest BCUT2D eigenvalue weighted by atomic mass is 19.1.